The summed E-state index contributed by atoms with van der Waals surface area (Å²) < 4.78 is 0. The molecule has 0 saturated carbocycles. The highest BCUT2D eigenvalue weighted by Gasteiger charge is 2.02. The molecule has 0 aliphatic rings. The molecule has 2 N–H and O–H groups in total. The van der Waals surface area contributed by atoms with Crippen LogP contribution in [0.3, 0.4) is 0 Å². The average molecular weight is 362 g/mol. The lowest BCUT2D eigenvalue weighted by atomic mass is 10.2. The normalized spacial score (nSPS) is 10.7. The van der Waals surface area contributed by atoms with Crippen molar-refractivity contribution in [3.63, 3.8) is 0 Å². The number of nitrogens with one attached hydrogen (secondary N) is 2. The SMILES string of the molecule is CC(=O)Nc1ccc(NC(=O)/C=C/c2ccc(-c3ccccc3)s2)cc1. The first-order valence-corrected chi connectivity index (χ1v) is 8.94. The van der Waals surface area contributed by atoms with Crippen LogP contribution in [0.5, 0.6) is 0 Å². The van der Waals surface area contributed by atoms with Crippen molar-refractivity contribution in [2.45, 2.75) is 6.92 Å². The lowest BCUT2D eigenvalue weighted by Crippen LogP contribution is -2.08. The maximum atomic E-state index is 12.1. The molecule has 2 aromatic carbocycles. The number of hydrogen-bond donors (Lipinski definition) is 2. The molecule has 130 valence electrons. The third kappa shape index (κ3) is 4.91. The van der Waals surface area contributed by atoms with Crippen LogP contribution in [0.4, 0.5) is 11.4 Å². The van der Waals surface area contributed by atoms with Gasteiger partial charge in [0.1, 0.15) is 0 Å². The number of anilines is 2. The standard InChI is InChI=1S/C21H18N2O2S/c1-15(24)22-17-7-9-18(10-8-17)23-21(25)14-12-19-11-13-20(26-19)16-5-3-2-4-6-16/h2-14H,1H3,(H,22,24)(H,23,25)/b14-12+. The molecule has 0 fully saturated rings. The molecule has 3 aromatic rings. The van der Waals surface area contributed by atoms with Crippen molar-refractivity contribution in [1.82, 2.24) is 0 Å². The van der Waals surface area contributed by atoms with E-state index < -0.39 is 0 Å². The lowest BCUT2D eigenvalue weighted by Gasteiger charge is -2.05. The molecular weight excluding hydrogens is 344 g/mol. The highest BCUT2D eigenvalue weighted by atomic mass is 32.1. The molecule has 0 spiro atoms. The molecule has 2 amide bonds. The minimum atomic E-state index is -0.202. The monoisotopic (exact) mass is 362 g/mol. The van der Waals surface area contributed by atoms with E-state index in [1.165, 1.54) is 23.4 Å². The Labute approximate surface area is 156 Å². The number of carbonyl (C=O) groups is 2. The molecule has 26 heavy (non-hydrogen) atoms. The zero-order chi connectivity index (χ0) is 18.4. The van der Waals surface area contributed by atoms with Crippen molar-refractivity contribution in [2.75, 3.05) is 10.6 Å². The first-order chi connectivity index (χ1) is 12.6. The fraction of sp³-hybridized carbons (Fsp3) is 0.0476. The summed E-state index contributed by atoms with van der Waals surface area (Å²) in [6.45, 7) is 1.45. The average Bonchev–Trinajstić information content (AvgIpc) is 3.11. The predicted molar refractivity (Wildman–Crippen MR) is 108 cm³/mol. The molecule has 0 atom stereocenters. The summed E-state index contributed by atoms with van der Waals surface area (Å²) in [5.74, 6) is -0.331. The van der Waals surface area contributed by atoms with Crippen LogP contribution in [0.1, 0.15) is 11.8 Å². The van der Waals surface area contributed by atoms with E-state index in [2.05, 4.69) is 28.8 Å². The van der Waals surface area contributed by atoms with Gasteiger partial charge in [-0.25, -0.2) is 0 Å². The van der Waals surface area contributed by atoms with Gasteiger partial charge in [0.05, 0.1) is 0 Å². The number of hydrogen-bond acceptors (Lipinski definition) is 3. The zero-order valence-corrected chi connectivity index (χ0v) is 15.0. The summed E-state index contributed by atoms with van der Waals surface area (Å²) in [5.41, 5.74) is 2.53. The Morgan fingerprint density at radius 1 is 0.846 bits per heavy atom. The maximum Gasteiger partial charge on any atom is 0.248 e. The molecular formula is C21H18N2O2S. The number of thiophene rings is 1. The number of amides is 2. The van der Waals surface area contributed by atoms with E-state index in [-0.39, 0.29) is 11.8 Å². The Morgan fingerprint density at radius 3 is 2.15 bits per heavy atom. The molecule has 0 aliphatic heterocycles. The third-order valence-electron chi connectivity index (χ3n) is 3.56. The van der Waals surface area contributed by atoms with Crippen molar-refractivity contribution >= 4 is 40.6 Å². The third-order valence-corrected chi connectivity index (χ3v) is 4.66. The summed E-state index contributed by atoms with van der Waals surface area (Å²) in [6.07, 6.45) is 3.32. The van der Waals surface area contributed by atoms with Gasteiger partial charge in [0.15, 0.2) is 0 Å². The van der Waals surface area contributed by atoms with Crippen molar-refractivity contribution in [2.24, 2.45) is 0 Å². The second kappa shape index (κ2) is 8.27. The summed E-state index contributed by atoms with van der Waals surface area (Å²) >= 11 is 1.63. The van der Waals surface area contributed by atoms with E-state index in [1.807, 2.05) is 24.3 Å². The van der Waals surface area contributed by atoms with Gasteiger partial charge in [-0.15, -0.1) is 11.3 Å². The number of benzene rings is 2. The predicted octanol–water partition coefficient (Wildman–Crippen LogP) is 5.03. The van der Waals surface area contributed by atoms with Crippen LogP contribution in [-0.4, -0.2) is 11.8 Å². The molecule has 5 heteroatoms. The van der Waals surface area contributed by atoms with Crippen LogP contribution in [0.25, 0.3) is 16.5 Å². The topological polar surface area (TPSA) is 58.2 Å². The fourth-order valence-corrected chi connectivity index (χ4v) is 3.30. The Morgan fingerprint density at radius 2 is 1.50 bits per heavy atom. The second-order valence-corrected chi connectivity index (χ2v) is 6.76. The van der Waals surface area contributed by atoms with E-state index in [0.29, 0.717) is 11.4 Å². The van der Waals surface area contributed by atoms with Crippen molar-refractivity contribution in [3.05, 3.63) is 77.7 Å². The second-order valence-electron chi connectivity index (χ2n) is 5.65. The van der Waals surface area contributed by atoms with Crippen molar-refractivity contribution in [1.29, 1.82) is 0 Å². The molecule has 3 rings (SSSR count). The maximum absolute atomic E-state index is 12.1. The van der Waals surface area contributed by atoms with Gasteiger partial charge in [0, 0.05) is 34.1 Å². The van der Waals surface area contributed by atoms with Gasteiger partial charge in [0.2, 0.25) is 11.8 Å². The van der Waals surface area contributed by atoms with E-state index in [9.17, 15) is 9.59 Å². The van der Waals surface area contributed by atoms with Crippen LogP contribution in [-0.2, 0) is 9.59 Å². The molecule has 4 nitrogen and oxygen atoms in total. The van der Waals surface area contributed by atoms with Crippen LogP contribution in [0.2, 0.25) is 0 Å². The van der Waals surface area contributed by atoms with Crippen LogP contribution in [0, 0.1) is 0 Å². The van der Waals surface area contributed by atoms with Crippen LogP contribution >= 0.6 is 11.3 Å². The molecule has 0 radical (unpaired) electrons. The van der Waals surface area contributed by atoms with Gasteiger partial charge in [-0.3, -0.25) is 9.59 Å². The van der Waals surface area contributed by atoms with Crippen molar-refractivity contribution < 1.29 is 9.59 Å². The van der Waals surface area contributed by atoms with Gasteiger partial charge in [-0.1, -0.05) is 30.3 Å². The Hall–Kier alpha value is -3.18. The fourth-order valence-electron chi connectivity index (χ4n) is 2.38. The Kier molecular flexibility index (Phi) is 5.61. The Bertz CT molecular complexity index is 928. The van der Waals surface area contributed by atoms with E-state index >= 15 is 0 Å². The first kappa shape index (κ1) is 17.6. The zero-order valence-electron chi connectivity index (χ0n) is 14.2. The first-order valence-electron chi connectivity index (χ1n) is 8.12. The Balaban J connectivity index is 1.59. The van der Waals surface area contributed by atoms with Crippen LogP contribution in [0.15, 0.2) is 72.8 Å². The molecule has 0 bridgehead atoms. The molecule has 0 saturated heterocycles. The van der Waals surface area contributed by atoms with E-state index in [4.69, 9.17) is 0 Å². The largest absolute Gasteiger partial charge is 0.326 e. The van der Waals surface area contributed by atoms with Gasteiger partial charge >= 0.3 is 0 Å². The molecule has 1 heterocycles. The van der Waals surface area contributed by atoms with Gasteiger partial charge < -0.3 is 10.6 Å². The van der Waals surface area contributed by atoms with E-state index in [0.717, 1.165) is 4.88 Å². The van der Waals surface area contributed by atoms with Gasteiger partial charge in [-0.05, 0) is 48.0 Å². The van der Waals surface area contributed by atoms with E-state index in [1.54, 1.807) is 41.7 Å². The number of carbonyl (C=O) groups excluding carboxylic acids is 2. The highest BCUT2D eigenvalue weighted by Crippen LogP contribution is 2.28. The summed E-state index contributed by atoms with van der Waals surface area (Å²) in [4.78, 5) is 25.2. The minimum absolute atomic E-state index is 0.129. The minimum Gasteiger partial charge on any atom is -0.326 e. The lowest BCUT2D eigenvalue weighted by molar-refractivity contribution is -0.114. The quantitative estimate of drug-likeness (QED) is 0.626. The molecule has 0 unspecified atom stereocenters. The molecule has 1 aromatic heterocycles. The number of rotatable bonds is 5. The van der Waals surface area contributed by atoms with Crippen molar-refractivity contribution in [3.8, 4) is 10.4 Å². The van der Waals surface area contributed by atoms with Crippen LogP contribution < -0.4 is 10.6 Å². The van der Waals surface area contributed by atoms with Gasteiger partial charge in [0.25, 0.3) is 0 Å². The summed E-state index contributed by atoms with van der Waals surface area (Å²) in [5, 5.41) is 5.48. The summed E-state index contributed by atoms with van der Waals surface area (Å²) in [7, 11) is 0. The molecule has 0 aliphatic carbocycles. The van der Waals surface area contributed by atoms with Gasteiger partial charge in [-0.2, -0.15) is 0 Å². The smallest absolute Gasteiger partial charge is 0.248 e. The highest BCUT2D eigenvalue weighted by molar-refractivity contribution is 7.16. The summed E-state index contributed by atoms with van der Waals surface area (Å²) in [6, 6.07) is 21.2.